The van der Waals surface area contributed by atoms with Crippen LogP contribution in [0.2, 0.25) is 0 Å². The summed E-state index contributed by atoms with van der Waals surface area (Å²) in [6, 6.07) is 0. The molecule has 0 bridgehead atoms. The van der Waals surface area contributed by atoms with E-state index in [0.717, 1.165) is 0 Å². The van der Waals surface area contributed by atoms with Crippen LogP contribution in [0.4, 0.5) is 4.79 Å². The molecule has 0 amide bonds. The fraction of sp³-hybridized carbons (Fsp3) is 0.727. The average Bonchev–Trinajstić information content (AvgIpc) is 2.72. The Morgan fingerprint density at radius 1 is 1.20 bits per heavy atom. The molecule has 5 atom stereocenters. The Labute approximate surface area is 122 Å². The maximum absolute atomic E-state index is 11.2. The summed E-state index contributed by atoms with van der Waals surface area (Å²) in [7, 11) is 0. The van der Waals surface area contributed by atoms with Gasteiger partial charge in [-0.2, -0.15) is 0 Å². The number of esters is 2. The molecule has 0 unspecified atom stereocenters. The van der Waals surface area contributed by atoms with Gasteiger partial charge in [0.15, 0.2) is 23.3 Å². The Morgan fingerprint density at radius 3 is 2.45 bits per heavy atom. The SMILES string of the molecule is CC(=O)OC[C@H]1O[C@H](Br)[C@H]2OC(=O)O[C@H]2[C@@H]1OC(C)=O. The van der Waals surface area contributed by atoms with E-state index in [4.69, 9.17) is 23.7 Å². The van der Waals surface area contributed by atoms with E-state index in [-0.39, 0.29) is 6.61 Å². The average molecular weight is 353 g/mol. The van der Waals surface area contributed by atoms with Crippen LogP contribution in [0.3, 0.4) is 0 Å². The van der Waals surface area contributed by atoms with Gasteiger partial charge in [-0.05, 0) is 0 Å². The van der Waals surface area contributed by atoms with Gasteiger partial charge in [0.1, 0.15) is 12.7 Å². The normalized spacial score (nSPS) is 35.5. The number of hydrogen-bond donors (Lipinski definition) is 0. The fourth-order valence-electron chi connectivity index (χ4n) is 2.04. The van der Waals surface area contributed by atoms with Crippen LogP contribution in [0.15, 0.2) is 0 Å². The molecule has 0 aromatic heterocycles. The number of carbonyl (C=O) groups is 3. The summed E-state index contributed by atoms with van der Waals surface area (Å²) >= 11 is 3.20. The second kappa shape index (κ2) is 5.96. The minimum absolute atomic E-state index is 0.129. The maximum atomic E-state index is 11.2. The molecule has 9 heteroatoms. The van der Waals surface area contributed by atoms with Crippen LogP contribution in [-0.4, -0.2) is 54.1 Å². The number of fused-ring (bicyclic) bond motifs is 1. The zero-order valence-corrected chi connectivity index (χ0v) is 12.3. The van der Waals surface area contributed by atoms with Crippen molar-refractivity contribution in [1.82, 2.24) is 0 Å². The summed E-state index contributed by atoms with van der Waals surface area (Å²) in [6.07, 6.45) is -4.08. The molecule has 2 aliphatic heterocycles. The molecule has 2 aliphatic rings. The highest BCUT2D eigenvalue weighted by molar-refractivity contribution is 9.09. The summed E-state index contributed by atoms with van der Waals surface area (Å²) in [6.45, 7) is 2.34. The van der Waals surface area contributed by atoms with Crippen LogP contribution in [0.25, 0.3) is 0 Å². The first-order valence-corrected chi connectivity index (χ1v) is 6.77. The summed E-state index contributed by atoms with van der Waals surface area (Å²) in [4.78, 5) is 33.3. The molecule has 0 N–H and O–H groups in total. The van der Waals surface area contributed by atoms with E-state index in [2.05, 4.69) is 15.9 Å². The van der Waals surface area contributed by atoms with Gasteiger partial charge < -0.3 is 23.7 Å². The van der Waals surface area contributed by atoms with E-state index in [1.165, 1.54) is 13.8 Å². The highest BCUT2D eigenvalue weighted by atomic mass is 79.9. The summed E-state index contributed by atoms with van der Waals surface area (Å²) < 4.78 is 25.4. The van der Waals surface area contributed by atoms with Crippen molar-refractivity contribution >= 4 is 34.0 Å². The Balaban J connectivity index is 2.14. The monoisotopic (exact) mass is 352 g/mol. The van der Waals surface area contributed by atoms with E-state index in [1.807, 2.05) is 0 Å². The fourth-order valence-corrected chi connectivity index (χ4v) is 2.73. The van der Waals surface area contributed by atoms with Gasteiger partial charge in [-0.3, -0.25) is 9.59 Å². The molecule has 0 spiro atoms. The minimum Gasteiger partial charge on any atom is -0.463 e. The standard InChI is InChI=1S/C11H13BrO8/c1-4(13)16-3-6-7(17-5(2)14)8-9(10(12)18-6)20-11(15)19-8/h6-10H,3H2,1-2H3/t6-,7-,8+,9+,10+/m1/s1. The predicted molar refractivity (Wildman–Crippen MR) is 64.9 cm³/mol. The smallest absolute Gasteiger partial charge is 0.463 e. The first-order chi connectivity index (χ1) is 9.38. The Hall–Kier alpha value is -1.35. The van der Waals surface area contributed by atoms with Crippen molar-refractivity contribution < 1.29 is 38.1 Å². The van der Waals surface area contributed by atoms with Gasteiger partial charge in [-0.15, -0.1) is 0 Å². The van der Waals surface area contributed by atoms with Crippen LogP contribution in [0, 0.1) is 0 Å². The van der Waals surface area contributed by atoms with Gasteiger partial charge in [0.2, 0.25) is 0 Å². The third-order valence-corrected chi connectivity index (χ3v) is 3.53. The lowest BCUT2D eigenvalue weighted by molar-refractivity contribution is -0.199. The maximum Gasteiger partial charge on any atom is 0.509 e. The van der Waals surface area contributed by atoms with Gasteiger partial charge in [0.25, 0.3) is 0 Å². The topological polar surface area (TPSA) is 97.4 Å². The van der Waals surface area contributed by atoms with Crippen molar-refractivity contribution in [2.75, 3.05) is 6.61 Å². The van der Waals surface area contributed by atoms with Crippen molar-refractivity contribution in [3.63, 3.8) is 0 Å². The number of ether oxygens (including phenoxy) is 5. The van der Waals surface area contributed by atoms with Crippen molar-refractivity contribution in [2.45, 2.75) is 43.3 Å². The van der Waals surface area contributed by atoms with Crippen LogP contribution in [0.1, 0.15) is 13.8 Å². The largest absolute Gasteiger partial charge is 0.509 e. The summed E-state index contributed by atoms with van der Waals surface area (Å²) in [5.74, 6) is -1.07. The zero-order valence-electron chi connectivity index (χ0n) is 10.7. The molecule has 0 aliphatic carbocycles. The lowest BCUT2D eigenvalue weighted by atomic mass is 10.0. The Bertz CT molecular complexity index is 425. The van der Waals surface area contributed by atoms with Crippen molar-refractivity contribution in [3.8, 4) is 0 Å². The van der Waals surface area contributed by atoms with Crippen LogP contribution >= 0.6 is 15.9 Å². The second-order valence-corrected chi connectivity index (χ2v) is 5.22. The minimum atomic E-state index is -0.905. The van der Waals surface area contributed by atoms with Gasteiger partial charge >= 0.3 is 18.1 Å². The van der Waals surface area contributed by atoms with Crippen LogP contribution in [0.5, 0.6) is 0 Å². The van der Waals surface area contributed by atoms with E-state index in [1.54, 1.807) is 0 Å². The van der Waals surface area contributed by atoms with Crippen molar-refractivity contribution in [1.29, 1.82) is 0 Å². The third-order valence-electron chi connectivity index (χ3n) is 2.79. The number of carbonyl (C=O) groups excluding carboxylic acids is 3. The van der Waals surface area contributed by atoms with Crippen LogP contribution < -0.4 is 0 Å². The molecule has 2 rings (SSSR count). The number of rotatable bonds is 3. The highest BCUT2D eigenvalue weighted by Crippen LogP contribution is 2.35. The quantitative estimate of drug-likeness (QED) is 0.411. The second-order valence-electron chi connectivity index (χ2n) is 4.32. The molecule has 8 nitrogen and oxygen atoms in total. The van der Waals surface area contributed by atoms with Gasteiger partial charge in [-0.25, -0.2) is 4.79 Å². The summed E-state index contributed by atoms with van der Waals surface area (Å²) in [5.41, 5.74) is 0. The molecule has 0 radical (unpaired) electrons. The van der Waals surface area contributed by atoms with Crippen molar-refractivity contribution in [3.05, 3.63) is 0 Å². The lowest BCUT2D eigenvalue weighted by Crippen LogP contribution is -2.57. The molecule has 2 fully saturated rings. The lowest BCUT2D eigenvalue weighted by Gasteiger charge is -2.38. The van der Waals surface area contributed by atoms with Gasteiger partial charge in [0, 0.05) is 13.8 Å². The Kier molecular flexibility index (Phi) is 4.48. The first kappa shape index (κ1) is 15.0. The van der Waals surface area contributed by atoms with E-state index in [0.29, 0.717) is 0 Å². The first-order valence-electron chi connectivity index (χ1n) is 5.86. The van der Waals surface area contributed by atoms with E-state index in [9.17, 15) is 14.4 Å². The van der Waals surface area contributed by atoms with E-state index >= 15 is 0 Å². The third kappa shape index (κ3) is 3.21. The van der Waals surface area contributed by atoms with E-state index < -0.39 is 47.5 Å². The number of alkyl halides is 1. The molecule has 0 saturated carbocycles. The van der Waals surface area contributed by atoms with Crippen molar-refractivity contribution in [2.24, 2.45) is 0 Å². The Morgan fingerprint density at radius 2 is 1.85 bits per heavy atom. The van der Waals surface area contributed by atoms with Gasteiger partial charge in [0.05, 0.1) is 0 Å². The molecular weight excluding hydrogens is 340 g/mol. The summed E-state index contributed by atoms with van der Waals surface area (Å²) in [5, 5.41) is -0.647. The molecule has 20 heavy (non-hydrogen) atoms. The molecule has 2 saturated heterocycles. The molecular formula is C11H13BrO8. The number of hydrogen-bond acceptors (Lipinski definition) is 8. The molecule has 112 valence electrons. The number of halogens is 1. The zero-order chi connectivity index (χ0) is 14.9. The molecule has 0 aromatic carbocycles. The molecule has 0 aromatic rings. The van der Waals surface area contributed by atoms with Gasteiger partial charge in [-0.1, -0.05) is 15.9 Å². The predicted octanol–water partition coefficient (Wildman–Crippen LogP) is 0.505. The highest BCUT2D eigenvalue weighted by Gasteiger charge is 2.55. The van der Waals surface area contributed by atoms with Crippen LogP contribution in [-0.2, 0) is 33.3 Å². The molecule has 2 heterocycles.